The largest absolute Gasteiger partial charge is 0.454 e. The first-order valence-corrected chi connectivity index (χ1v) is 10.5. The molecule has 0 saturated carbocycles. The molecular weight excluding hydrogens is 404 g/mol. The van der Waals surface area contributed by atoms with Gasteiger partial charge in [-0.05, 0) is 29.7 Å². The van der Waals surface area contributed by atoms with E-state index in [2.05, 4.69) is 39.4 Å². The first-order valence-electron chi connectivity index (χ1n) is 9.47. The van der Waals surface area contributed by atoms with E-state index in [1.807, 2.05) is 36.4 Å². The maximum Gasteiger partial charge on any atom is 0.277 e. The highest BCUT2D eigenvalue weighted by Gasteiger charge is 2.17. The average Bonchev–Trinajstić information content (AvgIpc) is 3.53. The Morgan fingerprint density at radius 3 is 2.77 bits per heavy atom. The van der Waals surface area contributed by atoms with Crippen molar-refractivity contribution in [2.24, 2.45) is 0 Å². The number of hydrogen-bond acceptors (Lipinski definition) is 9. The minimum absolute atomic E-state index is 0.225. The van der Waals surface area contributed by atoms with Gasteiger partial charge in [0.25, 0.3) is 5.22 Å². The minimum atomic E-state index is 0.225. The number of aromatic nitrogens is 4. The van der Waals surface area contributed by atoms with E-state index in [1.165, 1.54) is 17.3 Å². The second kappa shape index (κ2) is 8.19. The number of hydrogen-bond donors (Lipinski definition) is 0. The number of rotatable bonds is 7. The second-order valence-corrected chi connectivity index (χ2v) is 7.77. The molecule has 0 N–H and O–H groups in total. The molecule has 2 aromatic heterocycles. The summed E-state index contributed by atoms with van der Waals surface area (Å²) in [5, 5.41) is 12.8. The van der Waals surface area contributed by atoms with Crippen LogP contribution in [0.1, 0.15) is 30.2 Å². The Balaban J connectivity index is 1.19. The molecule has 0 aliphatic carbocycles. The summed E-state index contributed by atoms with van der Waals surface area (Å²) in [5.74, 6) is 3.71. The Kier molecular flexibility index (Phi) is 5.10. The molecule has 3 heterocycles. The standard InChI is InChI=1S/C21H18N4O4S/c1-13(14-5-3-2-4-6-14)9-18-23-24-21(28-18)30-11-19-22-20(25-29-19)15-7-8-16-17(10-15)27-12-26-16/h2-8,10,13H,9,11-12H2,1H3. The molecule has 1 unspecified atom stereocenters. The fraction of sp³-hybridized carbons (Fsp3) is 0.238. The number of thioether (sulfide) groups is 1. The SMILES string of the molecule is CC(Cc1nnc(SCc2nc(-c3ccc4c(c3)OCO4)no2)o1)c1ccccc1. The summed E-state index contributed by atoms with van der Waals surface area (Å²) in [6.07, 6.45) is 0.687. The molecule has 0 saturated heterocycles. The van der Waals surface area contributed by atoms with E-state index < -0.39 is 0 Å². The first kappa shape index (κ1) is 18.7. The van der Waals surface area contributed by atoms with Crippen LogP contribution in [0.4, 0.5) is 0 Å². The third-order valence-corrected chi connectivity index (χ3v) is 5.52. The van der Waals surface area contributed by atoms with Crippen LogP contribution in [0.25, 0.3) is 11.4 Å². The summed E-state index contributed by atoms with van der Waals surface area (Å²) in [7, 11) is 0. The van der Waals surface area contributed by atoms with E-state index in [1.54, 1.807) is 0 Å². The molecule has 4 aromatic rings. The van der Waals surface area contributed by atoms with Crippen molar-refractivity contribution in [3.63, 3.8) is 0 Å². The van der Waals surface area contributed by atoms with Crippen LogP contribution in [-0.4, -0.2) is 27.1 Å². The first-order chi connectivity index (χ1) is 14.7. The molecule has 152 valence electrons. The van der Waals surface area contributed by atoms with Crippen LogP contribution in [0.3, 0.4) is 0 Å². The quantitative estimate of drug-likeness (QED) is 0.399. The van der Waals surface area contributed by atoms with Crippen LogP contribution in [0.5, 0.6) is 11.5 Å². The van der Waals surface area contributed by atoms with Crippen LogP contribution < -0.4 is 9.47 Å². The molecule has 0 radical (unpaired) electrons. The minimum Gasteiger partial charge on any atom is -0.454 e. The zero-order chi connectivity index (χ0) is 20.3. The molecule has 0 amide bonds. The zero-order valence-electron chi connectivity index (χ0n) is 16.1. The van der Waals surface area contributed by atoms with E-state index in [0.29, 0.717) is 52.4 Å². The Morgan fingerprint density at radius 1 is 1.00 bits per heavy atom. The summed E-state index contributed by atoms with van der Waals surface area (Å²) in [6, 6.07) is 15.8. The van der Waals surface area contributed by atoms with Crippen LogP contribution in [0.15, 0.2) is 62.7 Å². The zero-order valence-corrected chi connectivity index (χ0v) is 17.0. The Labute approximate surface area is 176 Å². The highest BCUT2D eigenvalue weighted by atomic mass is 32.2. The van der Waals surface area contributed by atoms with Crippen molar-refractivity contribution in [1.29, 1.82) is 0 Å². The molecule has 2 aromatic carbocycles. The van der Waals surface area contributed by atoms with Crippen molar-refractivity contribution >= 4 is 11.8 Å². The molecular formula is C21H18N4O4S. The fourth-order valence-electron chi connectivity index (χ4n) is 3.13. The van der Waals surface area contributed by atoms with E-state index in [9.17, 15) is 0 Å². The molecule has 8 nitrogen and oxygen atoms in total. The van der Waals surface area contributed by atoms with Crippen LogP contribution in [0.2, 0.25) is 0 Å². The molecule has 0 fully saturated rings. The lowest BCUT2D eigenvalue weighted by molar-refractivity contribution is 0.174. The highest BCUT2D eigenvalue weighted by Crippen LogP contribution is 2.35. The molecule has 0 bridgehead atoms. The lowest BCUT2D eigenvalue weighted by Crippen LogP contribution is -1.98. The Bertz CT molecular complexity index is 1140. The van der Waals surface area contributed by atoms with Gasteiger partial charge in [-0.15, -0.1) is 10.2 Å². The van der Waals surface area contributed by atoms with Gasteiger partial charge < -0.3 is 18.4 Å². The monoisotopic (exact) mass is 422 g/mol. The molecule has 9 heteroatoms. The summed E-state index contributed by atoms with van der Waals surface area (Å²) in [6.45, 7) is 2.37. The van der Waals surface area contributed by atoms with Gasteiger partial charge in [-0.3, -0.25) is 0 Å². The highest BCUT2D eigenvalue weighted by molar-refractivity contribution is 7.98. The number of fused-ring (bicyclic) bond motifs is 1. The van der Waals surface area contributed by atoms with Gasteiger partial charge in [-0.2, -0.15) is 4.98 Å². The Morgan fingerprint density at radius 2 is 1.87 bits per heavy atom. The average molecular weight is 422 g/mol. The van der Waals surface area contributed by atoms with E-state index in [-0.39, 0.29) is 6.79 Å². The van der Waals surface area contributed by atoms with Crippen LogP contribution >= 0.6 is 11.8 Å². The van der Waals surface area contributed by atoms with Gasteiger partial charge in [0.2, 0.25) is 24.4 Å². The van der Waals surface area contributed by atoms with E-state index in [4.69, 9.17) is 18.4 Å². The lowest BCUT2D eigenvalue weighted by atomic mass is 9.98. The molecule has 0 spiro atoms. The van der Waals surface area contributed by atoms with Gasteiger partial charge in [-0.25, -0.2) is 0 Å². The summed E-state index contributed by atoms with van der Waals surface area (Å²) in [5.41, 5.74) is 2.04. The van der Waals surface area contributed by atoms with E-state index >= 15 is 0 Å². The van der Waals surface area contributed by atoms with Crippen molar-refractivity contribution < 1.29 is 18.4 Å². The van der Waals surface area contributed by atoms with Gasteiger partial charge in [-0.1, -0.05) is 54.2 Å². The van der Waals surface area contributed by atoms with Crippen molar-refractivity contribution in [3.8, 4) is 22.9 Å². The van der Waals surface area contributed by atoms with Crippen molar-refractivity contribution in [3.05, 3.63) is 65.9 Å². The summed E-state index contributed by atoms with van der Waals surface area (Å²) in [4.78, 5) is 4.43. The van der Waals surface area contributed by atoms with Crippen molar-refractivity contribution in [1.82, 2.24) is 20.3 Å². The summed E-state index contributed by atoms with van der Waals surface area (Å²) >= 11 is 1.36. The normalized spacial score (nSPS) is 13.5. The second-order valence-electron chi connectivity index (χ2n) is 6.85. The van der Waals surface area contributed by atoms with Gasteiger partial charge in [0, 0.05) is 12.0 Å². The molecule has 1 aliphatic heterocycles. The van der Waals surface area contributed by atoms with Crippen LogP contribution in [0, 0.1) is 0 Å². The third-order valence-electron chi connectivity index (χ3n) is 4.72. The molecule has 1 aliphatic rings. The predicted octanol–water partition coefficient (Wildman–Crippen LogP) is 4.49. The number of nitrogens with zero attached hydrogens (tertiary/aromatic N) is 4. The molecule has 5 rings (SSSR count). The van der Waals surface area contributed by atoms with Gasteiger partial charge in [0.05, 0.1) is 5.75 Å². The number of benzene rings is 2. The lowest BCUT2D eigenvalue weighted by Gasteiger charge is -2.08. The number of ether oxygens (including phenoxy) is 2. The summed E-state index contributed by atoms with van der Waals surface area (Å²) < 4.78 is 21.8. The van der Waals surface area contributed by atoms with Crippen LogP contribution in [-0.2, 0) is 12.2 Å². The maximum atomic E-state index is 5.76. The Hall–Kier alpha value is -3.33. The molecule has 30 heavy (non-hydrogen) atoms. The topological polar surface area (TPSA) is 96.3 Å². The van der Waals surface area contributed by atoms with Gasteiger partial charge >= 0.3 is 0 Å². The van der Waals surface area contributed by atoms with Gasteiger partial charge in [0.15, 0.2) is 11.5 Å². The third kappa shape index (κ3) is 4.02. The maximum absolute atomic E-state index is 5.76. The smallest absolute Gasteiger partial charge is 0.277 e. The van der Waals surface area contributed by atoms with Gasteiger partial charge in [0.1, 0.15) is 0 Å². The fourth-order valence-corrected chi connectivity index (χ4v) is 3.75. The van der Waals surface area contributed by atoms with E-state index in [0.717, 1.165) is 5.56 Å². The van der Waals surface area contributed by atoms with Crippen molar-refractivity contribution in [2.75, 3.05) is 6.79 Å². The molecule has 1 atom stereocenters. The predicted molar refractivity (Wildman–Crippen MR) is 108 cm³/mol. The van der Waals surface area contributed by atoms with Crippen molar-refractivity contribution in [2.45, 2.75) is 30.2 Å².